The molecule has 0 aliphatic heterocycles. The molecule has 8 heteroatoms. The van der Waals surface area contributed by atoms with E-state index in [2.05, 4.69) is 31.9 Å². The normalized spacial score (nSPS) is 14.0. The minimum Gasteiger partial charge on any atom is -0.756 e. The molecule has 0 aromatic rings. The molecule has 1 unspecified atom stereocenters. The quantitative estimate of drug-likeness (QED) is 0.121. The van der Waals surface area contributed by atoms with Gasteiger partial charge in [-0.1, -0.05) is 27.4 Å². The molecule has 27 heavy (non-hydrogen) atoms. The number of ether oxygens (including phenoxy) is 1. The maximum atomic E-state index is 11.7. The van der Waals surface area contributed by atoms with Crippen molar-refractivity contribution in [1.29, 1.82) is 0 Å². The molecule has 0 amide bonds. The summed E-state index contributed by atoms with van der Waals surface area (Å²) in [6.45, 7) is 15.8. The van der Waals surface area contributed by atoms with Gasteiger partial charge in [0.25, 0.3) is 7.82 Å². The molecule has 0 heterocycles. The van der Waals surface area contributed by atoms with E-state index >= 15 is 0 Å². The van der Waals surface area contributed by atoms with Gasteiger partial charge in [0, 0.05) is 5.57 Å². The van der Waals surface area contributed by atoms with Crippen LogP contribution in [-0.2, 0) is 23.1 Å². The number of esters is 1. The zero-order valence-corrected chi connectivity index (χ0v) is 18.4. The van der Waals surface area contributed by atoms with Gasteiger partial charge in [-0.2, -0.15) is 0 Å². The fraction of sp³-hybridized carbons (Fsp3) is 0.842. The number of hydrogen-bond acceptors (Lipinski definition) is 6. The van der Waals surface area contributed by atoms with Gasteiger partial charge < -0.3 is 23.2 Å². The minimum atomic E-state index is -4.36. The van der Waals surface area contributed by atoms with Gasteiger partial charge in [-0.3, -0.25) is 4.57 Å². The van der Waals surface area contributed by atoms with Crippen LogP contribution >= 0.6 is 7.82 Å². The lowest BCUT2D eigenvalue weighted by molar-refractivity contribution is -0.928. The van der Waals surface area contributed by atoms with Crippen LogP contribution in [0.1, 0.15) is 59.8 Å². The van der Waals surface area contributed by atoms with Crippen molar-refractivity contribution in [3.8, 4) is 0 Å². The second-order valence-corrected chi connectivity index (χ2v) is 8.38. The maximum Gasteiger partial charge on any atom is 0.333 e. The van der Waals surface area contributed by atoms with E-state index in [1.165, 1.54) is 6.92 Å². The summed E-state index contributed by atoms with van der Waals surface area (Å²) in [7, 11) is -4.36. The van der Waals surface area contributed by atoms with Crippen LogP contribution in [0.2, 0.25) is 0 Å². The first-order chi connectivity index (χ1) is 12.7. The molecule has 0 bridgehead atoms. The Morgan fingerprint density at radius 2 is 1.44 bits per heavy atom. The Hall–Kier alpha value is -0.720. The molecule has 0 aliphatic carbocycles. The Kier molecular flexibility index (Phi) is 13.9. The molecule has 0 radical (unpaired) electrons. The van der Waals surface area contributed by atoms with Gasteiger partial charge in [0.2, 0.25) is 0 Å². The number of rotatable bonds is 17. The Morgan fingerprint density at radius 3 is 1.93 bits per heavy atom. The number of unbranched alkanes of at least 4 members (excludes halogenated alkanes) is 1. The van der Waals surface area contributed by atoms with Crippen molar-refractivity contribution in [1.82, 2.24) is 0 Å². The topological polar surface area (TPSA) is 84.9 Å². The van der Waals surface area contributed by atoms with E-state index in [-0.39, 0.29) is 25.4 Å². The Balaban J connectivity index is 4.13. The van der Waals surface area contributed by atoms with E-state index in [1.807, 2.05) is 0 Å². The molecule has 0 N–H and O–H groups in total. The average Bonchev–Trinajstić information content (AvgIpc) is 2.58. The zero-order valence-electron chi connectivity index (χ0n) is 17.5. The van der Waals surface area contributed by atoms with E-state index in [4.69, 9.17) is 9.26 Å². The molecule has 0 spiro atoms. The lowest BCUT2D eigenvalue weighted by atomic mass is 10.2. The van der Waals surface area contributed by atoms with Gasteiger partial charge in [0.05, 0.1) is 39.4 Å². The molecule has 0 saturated heterocycles. The Labute approximate surface area is 164 Å². The summed E-state index contributed by atoms with van der Waals surface area (Å²) < 4.78 is 27.1. The predicted molar refractivity (Wildman–Crippen MR) is 105 cm³/mol. The monoisotopic (exact) mass is 407 g/mol. The Bertz CT molecular complexity index is 466. The average molecular weight is 407 g/mol. The number of carbonyl (C=O) groups excluding carboxylic acids is 1. The van der Waals surface area contributed by atoms with Crippen molar-refractivity contribution in [3.05, 3.63) is 12.2 Å². The highest BCUT2D eigenvalue weighted by Gasteiger charge is 2.23. The molecule has 0 saturated carbocycles. The molecule has 0 fully saturated rings. The van der Waals surface area contributed by atoms with Gasteiger partial charge in [0.15, 0.2) is 0 Å². The first-order valence-electron chi connectivity index (χ1n) is 9.99. The third-order valence-corrected chi connectivity index (χ3v) is 5.28. The van der Waals surface area contributed by atoms with E-state index in [9.17, 15) is 14.3 Å². The number of nitrogens with zero attached hydrogens (tertiary/aromatic N) is 1. The van der Waals surface area contributed by atoms with Crippen molar-refractivity contribution in [2.75, 3.05) is 46.0 Å². The Morgan fingerprint density at radius 1 is 0.926 bits per heavy atom. The third kappa shape index (κ3) is 12.4. The molecular weight excluding hydrogens is 369 g/mol. The summed E-state index contributed by atoms with van der Waals surface area (Å²) in [6, 6.07) is 0. The zero-order chi connectivity index (χ0) is 20.8. The molecule has 0 aromatic carbocycles. The summed E-state index contributed by atoms with van der Waals surface area (Å²) in [6.07, 6.45) is 5.02. The second kappa shape index (κ2) is 14.3. The van der Waals surface area contributed by atoms with E-state index in [1.54, 1.807) is 0 Å². The third-order valence-electron chi connectivity index (χ3n) is 4.28. The first kappa shape index (κ1) is 26.3. The molecule has 1 atom stereocenters. The van der Waals surface area contributed by atoms with Crippen molar-refractivity contribution in [2.45, 2.75) is 59.8 Å². The molecule has 0 rings (SSSR count). The van der Waals surface area contributed by atoms with Gasteiger partial charge >= 0.3 is 5.97 Å². The van der Waals surface area contributed by atoms with Gasteiger partial charge in [-0.15, -0.1) is 0 Å². The number of phosphoric ester groups is 1. The highest BCUT2D eigenvalue weighted by Crippen LogP contribution is 2.38. The van der Waals surface area contributed by atoms with Crippen LogP contribution in [0.15, 0.2) is 12.2 Å². The first-order valence-corrected chi connectivity index (χ1v) is 11.5. The van der Waals surface area contributed by atoms with Crippen molar-refractivity contribution in [3.63, 3.8) is 0 Å². The number of quaternary nitrogens is 1. The lowest BCUT2D eigenvalue weighted by Gasteiger charge is -2.38. The van der Waals surface area contributed by atoms with Gasteiger partial charge in [0.1, 0.15) is 6.61 Å². The van der Waals surface area contributed by atoms with Crippen LogP contribution in [0.5, 0.6) is 0 Å². The molecule has 7 nitrogen and oxygen atoms in total. The van der Waals surface area contributed by atoms with E-state index in [0.717, 1.165) is 56.3 Å². The summed E-state index contributed by atoms with van der Waals surface area (Å²) >= 11 is 0. The van der Waals surface area contributed by atoms with Gasteiger partial charge in [-0.25, -0.2) is 4.79 Å². The fourth-order valence-electron chi connectivity index (χ4n) is 3.26. The van der Waals surface area contributed by atoms with Gasteiger partial charge in [-0.05, 0) is 39.0 Å². The van der Waals surface area contributed by atoms with Crippen LogP contribution in [0, 0.1) is 0 Å². The molecule has 160 valence electrons. The van der Waals surface area contributed by atoms with E-state index < -0.39 is 13.8 Å². The summed E-state index contributed by atoms with van der Waals surface area (Å²) in [5.74, 6) is -0.576. The minimum absolute atomic E-state index is 0.108. The van der Waals surface area contributed by atoms with Crippen molar-refractivity contribution >= 4 is 13.8 Å². The van der Waals surface area contributed by atoms with E-state index in [0.29, 0.717) is 6.42 Å². The lowest BCUT2D eigenvalue weighted by Crippen LogP contribution is -2.50. The fourth-order valence-corrected chi connectivity index (χ4v) is 3.99. The second-order valence-electron chi connectivity index (χ2n) is 6.97. The maximum absolute atomic E-state index is 11.7. The standard InChI is InChI=1S/C19H38NO6P/c1-6-11-20(12-7-2,13-8-3)14-9-10-15-25-27(22,23)26-17-16-24-19(21)18(4)5/h4,6-17H2,1-3,5H3. The summed E-state index contributed by atoms with van der Waals surface area (Å²) in [4.78, 5) is 22.9. The number of carbonyl (C=O) groups is 1. The van der Waals surface area contributed by atoms with Crippen molar-refractivity contribution in [2.24, 2.45) is 0 Å². The number of hydrogen-bond donors (Lipinski definition) is 0. The summed E-state index contributed by atoms with van der Waals surface area (Å²) in [5.41, 5.74) is 0.250. The van der Waals surface area contributed by atoms with Crippen LogP contribution in [0.3, 0.4) is 0 Å². The highest BCUT2D eigenvalue weighted by atomic mass is 31.2. The molecule has 0 aliphatic rings. The van der Waals surface area contributed by atoms with Crippen LogP contribution < -0.4 is 4.89 Å². The van der Waals surface area contributed by atoms with Crippen LogP contribution in [0.4, 0.5) is 0 Å². The molecular formula is C19H38NO6P. The smallest absolute Gasteiger partial charge is 0.333 e. The SMILES string of the molecule is C=C(C)C(=O)OCCOP(=O)([O-])OCCCC[N+](CCC)(CCC)CCC. The predicted octanol–water partition coefficient (Wildman–Crippen LogP) is 3.43. The van der Waals surface area contributed by atoms with Crippen molar-refractivity contribution < 1.29 is 32.5 Å². The highest BCUT2D eigenvalue weighted by molar-refractivity contribution is 7.45. The summed E-state index contributed by atoms with van der Waals surface area (Å²) in [5, 5.41) is 0. The van der Waals surface area contributed by atoms with Crippen LogP contribution in [-0.4, -0.2) is 56.5 Å². The number of phosphoric acid groups is 1. The largest absolute Gasteiger partial charge is 0.756 e. The van der Waals surface area contributed by atoms with Crippen LogP contribution in [0.25, 0.3) is 0 Å². The molecule has 0 aromatic heterocycles.